The van der Waals surface area contributed by atoms with Crippen LogP contribution < -0.4 is 11.3 Å². The fraction of sp³-hybridized carbons (Fsp3) is 0.273. The van der Waals surface area contributed by atoms with Crippen molar-refractivity contribution in [1.29, 1.82) is 0 Å². The summed E-state index contributed by atoms with van der Waals surface area (Å²) >= 11 is 0. The standard InChI is InChI=1S/C11H11NO3/c1-6-4-5-8-9(7(6)2)15-11(14)12(3)10(8)13/h4-5H,1-3H3. The van der Waals surface area contributed by atoms with Crippen molar-refractivity contribution in [3.63, 3.8) is 0 Å². The molecule has 0 aliphatic rings. The molecule has 0 amide bonds. The fourth-order valence-electron chi connectivity index (χ4n) is 1.51. The molecular weight excluding hydrogens is 194 g/mol. The van der Waals surface area contributed by atoms with E-state index in [0.717, 1.165) is 15.7 Å². The van der Waals surface area contributed by atoms with Crippen molar-refractivity contribution in [2.24, 2.45) is 7.05 Å². The van der Waals surface area contributed by atoms with Gasteiger partial charge in [0.05, 0.1) is 5.39 Å². The second-order valence-corrected chi connectivity index (χ2v) is 3.62. The minimum atomic E-state index is -0.624. The molecule has 0 unspecified atom stereocenters. The number of rotatable bonds is 0. The maximum absolute atomic E-state index is 11.7. The molecule has 0 saturated heterocycles. The number of fused-ring (bicyclic) bond motifs is 1. The van der Waals surface area contributed by atoms with Crippen LogP contribution in [0.25, 0.3) is 11.0 Å². The van der Waals surface area contributed by atoms with Crippen molar-refractivity contribution < 1.29 is 4.42 Å². The zero-order valence-corrected chi connectivity index (χ0v) is 8.83. The molecule has 1 aromatic heterocycles. The number of hydrogen-bond acceptors (Lipinski definition) is 3. The SMILES string of the molecule is Cc1ccc2c(=O)n(C)c(=O)oc2c1C. The Bertz CT molecular complexity index is 649. The second-order valence-electron chi connectivity index (χ2n) is 3.62. The monoisotopic (exact) mass is 205 g/mol. The van der Waals surface area contributed by atoms with E-state index in [0.29, 0.717) is 11.0 Å². The molecule has 0 bridgehead atoms. The van der Waals surface area contributed by atoms with Crippen LogP contribution in [-0.4, -0.2) is 4.57 Å². The van der Waals surface area contributed by atoms with E-state index in [1.54, 1.807) is 6.07 Å². The summed E-state index contributed by atoms with van der Waals surface area (Å²) < 4.78 is 6.06. The van der Waals surface area contributed by atoms with Crippen LogP contribution >= 0.6 is 0 Å². The summed E-state index contributed by atoms with van der Waals surface area (Å²) in [6.07, 6.45) is 0. The minimum absolute atomic E-state index is 0.315. The number of hydrogen-bond donors (Lipinski definition) is 0. The predicted molar refractivity (Wildman–Crippen MR) is 57.2 cm³/mol. The Kier molecular flexibility index (Phi) is 2.00. The zero-order valence-electron chi connectivity index (χ0n) is 8.83. The molecule has 0 aliphatic heterocycles. The lowest BCUT2D eigenvalue weighted by Gasteiger charge is -2.04. The molecule has 0 radical (unpaired) electrons. The first-order valence-electron chi connectivity index (χ1n) is 4.62. The third kappa shape index (κ3) is 1.29. The van der Waals surface area contributed by atoms with Crippen molar-refractivity contribution >= 4 is 11.0 Å². The lowest BCUT2D eigenvalue weighted by molar-refractivity contribution is 0.483. The van der Waals surface area contributed by atoms with Crippen LogP contribution in [-0.2, 0) is 7.05 Å². The highest BCUT2D eigenvalue weighted by Crippen LogP contribution is 2.16. The summed E-state index contributed by atoms with van der Waals surface area (Å²) in [6.45, 7) is 3.74. The van der Waals surface area contributed by atoms with Crippen LogP contribution in [0.1, 0.15) is 11.1 Å². The summed E-state index contributed by atoms with van der Waals surface area (Å²) in [5, 5.41) is 0.445. The van der Waals surface area contributed by atoms with E-state index in [2.05, 4.69) is 0 Å². The van der Waals surface area contributed by atoms with Crippen molar-refractivity contribution in [2.45, 2.75) is 13.8 Å². The van der Waals surface area contributed by atoms with Crippen LogP contribution in [0, 0.1) is 13.8 Å². The Labute approximate surface area is 85.8 Å². The molecule has 1 heterocycles. The molecule has 0 aliphatic carbocycles. The van der Waals surface area contributed by atoms with E-state index in [-0.39, 0.29) is 5.56 Å². The van der Waals surface area contributed by atoms with Crippen LogP contribution in [0.3, 0.4) is 0 Å². The third-order valence-electron chi connectivity index (χ3n) is 2.68. The van der Waals surface area contributed by atoms with Gasteiger partial charge in [0.15, 0.2) is 0 Å². The number of nitrogens with zero attached hydrogens (tertiary/aromatic N) is 1. The van der Waals surface area contributed by atoms with E-state index in [1.807, 2.05) is 19.9 Å². The number of aryl methyl sites for hydroxylation is 2. The molecule has 0 fully saturated rings. The van der Waals surface area contributed by atoms with Gasteiger partial charge in [0.25, 0.3) is 5.56 Å². The van der Waals surface area contributed by atoms with Crippen molar-refractivity contribution in [3.05, 3.63) is 44.2 Å². The van der Waals surface area contributed by atoms with Crippen molar-refractivity contribution in [1.82, 2.24) is 4.57 Å². The van der Waals surface area contributed by atoms with Crippen LogP contribution in [0.4, 0.5) is 0 Å². The molecule has 1 aromatic carbocycles. The summed E-state index contributed by atoms with van der Waals surface area (Å²) in [6, 6.07) is 3.53. The largest absolute Gasteiger partial charge is 0.422 e. The first-order valence-corrected chi connectivity index (χ1v) is 4.62. The van der Waals surface area contributed by atoms with Crippen LogP contribution in [0.2, 0.25) is 0 Å². The smallest absolute Gasteiger partial charge is 0.409 e. The number of aromatic nitrogens is 1. The predicted octanol–water partition coefficient (Wildman–Crippen LogP) is 1.11. The lowest BCUT2D eigenvalue weighted by Crippen LogP contribution is -2.29. The fourth-order valence-corrected chi connectivity index (χ4v) is 1.51. The van der Waals surface area contributed by atoms with Gasteiger partial charge in [-0.2, -0.15) is 0 Å². The maximum atomic E-state index is 11.7. The van der Waals surface area contributed by atoms with E-state index in [9.17, 15) is 9.59 Å². The molecule has 0 saturated carbocycles. The first kappa shape index (κ1) is 9.71. The van der Waals surface area contributed by atoms with Gasteiger partial charge in [0.1, 0.15) is 5.58 Å². The Balaban J connectivity index is 3.13. The maximum Gasteiger partial charge on any atom is 0.422 e. The minimum Gasteiger partial charge on any atom is -0.409 e. The highest BCUT2D eigenvalue weighted by atomic mass is 16.4. The van der Waals surface area contributed by atoms with Crippen LogP contribution in [0.15, 0.2) is 26.1 Å². The van der Waals surface area contributed by atoms with Gasteiger partial charge in [-0.15, -0.1) is 0 Å². The quantitative estimate of drug-likeness (QED) is 0.647. The Morgan fingerprint density at radius 1 is 1.20 bits per heavy atom. The normalized spacial score (nSPS) is 10.9. The van der Waals surface area contributed by atoms with Crippen molar-refractivity contribution in [3.8, 4) is 0 Å². The van der Waals surface area contributed by atoms with Gasteiger partial charge in [-0.25, -0.2) is 9.36 Å². The molecule has 0 N–H and O–H groups in total. The average molecular weight is 205 g/mol. The first-order chi connectivity index (χ1) is 7.02. The van der Waals surface area contributed by atoms with Gasteiger partial charge in [0.2, 0.25) is 0 Å². The molecule has 0 spiro atoms. The molecule has 0 atom stereocenters. The van der Waals surface area contributed by atoms with Gasteiger partial charge < -0.3 is 4.42 Å². The summed E-state index contributed by atoms with van der Waals surface area (Å²) in [5.41, 5.74) is 1.91. The highest BCUT2D eigenvalue weighted by molar-refractivity contribution is 5.79. The molecular formula is C11H11NO3. The molecule has 15 heavy (non-hydrogen) atoms. The van der Waals surface area contributed by atoms with Crippen LogP contribution in [0.5, 0.6) is 0 Å². The Morgan fingerprint density at radius 3 is 2.53 bits per heavy atom. The second kappa shape index (κ2) is 3.08. The summed E-state index contributed by atoms with van der Waals surface area (Å²) in [5.74, 6) is -0.624. The molecule has 2 aromatic rings. The van der Waals surface area contributed by atoms with Gasteiger partial charge in [-0.05, 0) is 31.0 Å². The molecule has 4 heteroatoms. The van der Waals surface area contributed by atoms with Gasteiger partial charge >= 0.3 is 5.76 Å². The van der Waals surface area contributed by atoms with E-state index in [1.165, 1.54) is 7.05 Å². The summed E-state index contributed by atoms with van der Waals surface area (Å²) in [7, 11) is 1.41. The third-order valence-corrected chi connectivity index (χ3v) is 2.68. The zero-order chi connectivity index (χ0) is 11.2. The highest BCUT2D eigenvalue weighted by Gasteiger charge is 2.09. The molecule has 78 valence electrons. The lowest BCUT2D eigenvalue weighted by atomic mass is 10.1. The topological polar surface area (TPSA) is 52.2 Å². The van der Waals surface area contributed by atoms with E-state index >= 15 is 0 Å². The van der Waals surface area contributed by atoms with E-state index in [4.69, 9.17) is 4.42 Å². The molecule has 4 nitrogen and oxygen atoms in total. The van der Waals surface area contributed by atoms with E-state index < -0.39 is 5.76 Å². The average Bonchev–Trinajstić information content (AvgIpc) is 2.21. The Morgan fingerprint density at radius 2 is 1.87 bits per heavy atom. The Hall–Kier alpha value is -1.84. The van der Waals surface area contributed by atoms with Crippen molar-refractivity contribution in [2.75, 3.05) is 0 Å². The summed E-state index contributed by atoms with van der Waals surface area (Å²) in [4.78, 5) is 23.0. The number of benzene rings is 1. The van der Waals surface area contributed by atoms with Gasteiger partial charge in [-0.3, -0.25) is 4.79 Å². The van der Waals surface area contributed by atoms with Gasteiger partial charge in [-0.1, -0.05) is 6.07 Å². The van der Waals surface area contributed by atoms with Gasteiger partial charge in [0, 0.05) is 7.05 Å². The molecule has 2 rings (SSSR count).